The van der Waals surface area contributed by atoms with Crippen LogP contribution in [0.25, 0.3) is 6.08 Å². The van der Waals surface area contributed by atoms with E-state index in [0.29, 0.717) is 25.3 Å². The lowest BCUT2D eigenvalue weighted by atomic mass is 9.81. The van der Waals surface area contributed by atoms with Crippen molar-refractivity contribution in [2.24, 2.45) is 0 Å². The normalized spacial score (nSPS) is 25.8. The van der Waals surface area contributed by atoms with Gasteiger partial charge in [0.2, 0.25) is 0 Å². The minimum absolute atomic E-state index is 0.0943. The van der Waals surface area contributed by atoms with Gasteiger partial charge in [0.15, 0.2) is 0 Å². The second-order valence-corrected chi connectivity index (χ2v) is 10.1. The van der Waals surface area contributed by atoms with Crippen molar-refractivity contribution in [3.8, 4) is 0 Å². The highest BCUT2D eigenvalue weighted by Gasteiger charge is 2.37. The van der Waals surface area contributed by atoms with Gasteiger partial charge < -0.3 is 24.8 Å². The Morgan fingerprint density at radius 1 is 1.18 bits per heavy atom. The molecule has 1 saturated heterocycles. The first-order valence-corrected chi connectivity index (χ1v) is 12.0. The number of alkyl carbamates (subject to hydrolysis) is 1. The Labute approximate surface area is 197 Å². The zero-order valence-electron chi connectivity index (χ0n) is 20.1. The number of ether oxygens (including phenoxy) is 2. The van der Waals surface area contributed by atoms with Gasteiger partial charge in [-0.25, -0.2) is 9.59 Å². The molecule has 3 rings (SSSR count). The van der Waals surface area contributed by atoms with Crippen LogP contribution in [0.3, 0.4) is 0 Å². The smallest absolute Gasteiger partial charge is 0.407 e. The summed E-state index contributed by atoms with van der Waals surface area (Å²) >= 11 is 0. The minimum Gasteiger partial charge on any atom is -0.465 e. The maximum atomic E-state index is 12.3. The highest BCUT2D eigenvalue weighted by molar-refractivity contribution is 5.69. The standard InChI is InChI=1S/C26H38N2O5/c1-5-18-9-6-7-10-21(18)19-12-14-20(15-13-19)32-17-23-22(11-8-16-28(23)25(30)31)27-24(29)33-26(2,3)4/h5-7,9-10,19-20,22-23H,1,8,11-17H2,2-4H3,(H,27,29)(H,30,31)/t19?,20?,22-,23-/m0/s1. The van der Waals surface area contributed by atoms with E-state index in [2.05, 4.69) is 30.1 Å². The zero-order chi connectivity index (χ0) is 24.0. The predicted octanol–water partition coefficient (Wildman–Crippen LogP) is 5.41. The number of piperidine rings is 1. The van der Waals surface area contributed by atoms with Gasteiger partial charge in [0.1, 0.15) is 5.60 Å². The number of amides is 2. The van der Waals surface area contributed by atoms with E-state index in [1.807, 2.05) is 12.1 Å². The number of carboxylic acid groups (broad SMARTS) is 1. The molecule has 2 fully saturated rings. The molecule has 1 aliphatic carbocycles. The molecule has 182 valence electrons. The van der Waals surface area contributed by atoms with Gasteiger partial charge in [-0.2, -0.15) is 0 Å². The first-order chi connectivity index (χ1) is 15.7. The molecule has 33 heavy (non-hydrogen) atoms. The number of hydrogen-bond donors (Lipinski definition) is 2. The number of carbonyl (C=O) groups excluding carboxylic acids is 1. The fraction of sp³-hybridized carbons (Fsp3) is 0.615. The summed E-state index contributed by atoms with van der Waals surface area (Å²) in [7, 11) is 0. The van der Waals surface area contributed by atoms with Gasteiger partial charge >= 0.3 is 12.2 Å². The van der Waals surface area contributed by atoms with Crippen molar-refractivity contribution in [3.05, 3.63) is 42.0 Å². The Kier molecular flexibility index (Phi) is 8.40. The highest BCUT2D eigenvalue weighted by atomic mass is 16.6. The topological polar surface area (TPSA) is 88.1 Å². The van der Waals surface area contributed by atoms with Crippen LogP contribution in [0.4, 0.5) is 9.59 Å². The molecule has 2 N–H and O–H groups in total. The van der Waals surface area contributed by atoms with Crippen molar-refractivity contribution in [1.82, 2.24) is 10.2 Å². The van der Waals surface area contributed by atoms with Crippen LogP contribution < -0.4 is 5.32 Å². The molecule has 0 bridgehead atoms. The van der Waals surface area contributed by atoms with E-state index in [-0.39, 0.29) is 18.8 Å². The number of benzene rings is 1. The molecule has 1 heterocycles. The van der Waals surface area contributed by atoms with Gasteiger partial charge in [-0.1, -0.05) is 36.9 Å². The lowest BCUT2D eigenvalue weighted by molar-refractivity contribution is -0.0264. The third-order valence-corrected chi connectivity index (χ3v) is 6.56. The molecule has 1 saturated carbocycles. The van der Waals surface area contributed by atoms with E-state index in [0.717, 1.165) is 25.7 Å². The lowest BCUT2D eigenvalue weighted by Gasteiger charge is -2.41. The van der Waals surface area contributed by atoms with E-state index in [4.69, 9.17) is 9.47 Å². The molecule has 0 radical (unpaired) electrons. The van der Waals surface area contributed by atoms with Gasteiger partial charge in [0, 0.05) is 6.54 Å². The van der Waals surface area contributed by atoms with Gasteiger partial charge in [-0.15, -0.1) is 0 Å². The first-order valence-electron chi connectivity index (χ1n) is 12.0. The molecular formula is C26H38N2O5. The molecule has 0 aromatic heterocycles. The van der Waals surface area contributed by atoms with Crippen LogP contribution in [0.5, 0.6) is 0 Å². The average Bonchev–Trinajstić information content (AvgIpc) is 2.77. The average molecular weight is 459 g/mol. The summed E-state index contributed by atoms with van der Waals surface area (Å²) in [6.07, 6.45) is 5.82. The predicted molar refractivity (Wildman–Crippen MR) is 128 cm³/mol. The third-order valence-electron chi connectivity index (χ3n) is 6.56. The summed E-state index contributed by atoms with van der Waals surface area (Å²) in [5, 5.41) is 12.6. The summed E-state index contributed by atoms with van der Waals surface area (Å²) < 4.78 is 11.6. The number of rotatable bonds is 6. The van der Waals surface area contributed by atoms with E-state index in [1.54, 1.807) is 20.8 Å². The SMILES string of the molecule is C=Cc1ccccc1C1CCC(OC[C@H]2[C@@H](NC(=O)OC(C)(C)C)CCCN2C(=O)O)CC1. The van der Waals surface area contributed by atoms with Crippen molar-refractivity contribution in [2.45, 2.75) is 89.0 Å². The van der Waals surface area contributed by atoms with E-state index >= 15 is 0 Å². The Hall–Kier alpha value is -2.54. The minimum atomic E-state index is -0.982. The second kappa shape index (κ2) is 11.1. The van der Waals surface area contributed by atoms with Crippen LogP contribution in [0.15, 0.2) is 30.8 Å². The molecule has 2 aliphatic rings. The molecule has 1 aromatic rings. The van der Waals surface area contributed by atoms with Crippen molar-refractivity contribution < 1.29 is 24.2 Å². The highest BCUT2D eigenvalue weighted by Crippen LogP contribution is 2.36. The monoisotopic (exact) mass is 458 g/mol. The first kappa shape index (κ1) is 25.1. The number of carbonyl (C=O) groups is 2. The Balaban J connectivity index is 1.58. The maximum absolute atomic E-state index is 12.3. The fourth-order valence-electron chi connectivity index (χ4n) is 4.97. The van der Waals surface area contributed by atoms with E-state index in [9.17, 15) is 14.7 Å². The van der Waals surface area contributed by atoms with Crippen molar-refractivity contribution >= 4 is 18.3 Å². The van der Waals surface area contributed by atoms with Crippen LogP contribution in [-0.4, -0.2) is 59.1 Å². The quantitative estimate of drug-likeness (QED) is 0.595. The van der Waals surface area contributed by atoms with Crippen LogP contribution in [0, 0.1) is 0 Å². The van der Waals surface area contributed by atoms with Crippen molar-refractivity contribution in [1.29, 1.82) is 0 Å². The van der Waals surface area contributed by atoms with Crippen molar-refractivity contribution in [2.75, 3.05) is 13.2 Å². The van der Waals surface area contributed by atoms with Crippen LogP contribution in [0.2, 0.25) is 0 Å². The fourth-order valence-corrected chi connectivity index (χ4v) is 4.97. The van der Waals surface area contributed by atoms with E-state index in [1.165, 1.54) is 16.0 Å². The summed E-state index contributed by atoms with van der Waals surface area (Å²) in [5.74, 6) is 0.492. The molecule has 1 aromatic carbocycles. The van der Waals surface area contributed by atoms with Gasteiger partial charge in [0.25, 0.3) is 0 Å². The molecule has 2 atom stereocenters. The van der Waals surface area contributed by atoms with Crippen molar-refractivity contribution in [3.63, 3.8) is 0 Å². The molecular weight excluding hydrogens is 420 g/mol. The van der Waals surface area contributed by atoms with Crippen LogP contribution in [-0.2, 0) is 9.47 Å². The number of hydrogen-bond acceptors (Lipinski definition) is 4. The third kappa shape index (κ3) is 6.97. The van der Waals surface area contributed by atoms with Crippen LogP contribution in [0.1, 0.15) is 76.3 Å². The summed E-state index contributed by atoms with van der Waals surface area (Å²) in [5.41, 5.74) is 1.93. The number of nitrogens with one attached hydrogen (secondary N) is 1. The second-order valence-electron chi connectivity index (χ2n) is 10.1. The Morgan fingerprint density at radius 3 is 2.52 bits per heavy atom. The van der Waals surface area contributed by atoms with Crippen LogP contribution >= 0.6 is 0 Å². The Morgan fingerprint density at radius 2 is 1.88 bits per heavy atom. The Bertz CT molecular complexity index is 826. The number of likely N-dealkylation sites (tertiary alicyclic amines) is 1. The summed E-state index contributed by atoms with van der Waals surface area (Å²) in [6, 6.07) is 7.64. The largest absolute Gasteiger partial charge is 0.465 e. The summed E-state index contributed by atoms with van der Waals surface area (Å²) in [6.45, 7) is 10.1. The molecule has 0 unspecified atom stereocenters. The van der Waals surface area contributed by atoms with Gasteiger partial charge in [0.05, 0.1) is 24.8 Å². The zero-order valence-corrected chi connectivity index (χ0v) is 20.1. The van der Waals surface area contributed by atoms with Gasteiger partial charge in [-0.05, 0) is 76.3 Å². The van der Waals surface area contributed by atoms with Gasteiger partial charge in [-0.3, -0.25) is 0 Å². The molecule has 0 spiro atoms. The summed E-state index contributed by atoms with van der Waals surface area (Å²) in [4.78, 5) is 25.6. The number of nitrogens with zero attached hydrogens (tertiary/aromatic N) is 1. The maximum Gasteiger partial charge on any atom is 0.407 e. The molecule has 2 amide bonds. The molecule has 1 aliphatic heterocycles. The molecule has 7 nitrogen and oxygen atoms in total. The lowest BCUT2D eigenvalue weighted by Crippen LogP contribution is -2.59. The van der Waals surface area contributed by atoms with E-state index < -0.39 is 23.8 Å². The molecule has 7 heteroatoms.